The van der Waals surface area contributed by atoms with Crippen LogP contribution < -0.4 is 25.1 Å². The number of hydrogen-bond acceptors (Lipinski definition) is 7. The lowest BCUT2D eigenvalue weighted by molar-refractivity contribution is -0.124. The molecule has 0 spiro atoms. The molecule has 2 aromatic carbocycles. The third-order valence-corrected chi connectivity index (χ3v) is 6.44. The van der Waals surface area contributed by atoms with E-state index in [-0.39, 0.29) is 28.3 Å². The largest absolute Gasteiger partial charge is 0.497 e. The van der Waals surface area contributed by atoms with Crippen molar-refractivity contribution in [3.8, 4) is 11.5 Å². The molecule has 1 fully saturated rings. The fourth-order valence-corrected chi connectivity index (χ4v) is 4.51. The van der Waals surface area contributed by atoms with Crippen LogP contribution in [0.4, 0.5) is 17.2 Å². The second kappa shape index (κ2) is 12.3. The van der Waals surface area contributed by atoms with Crippen molar-refractivity contribution < 1.29 is 19.1 Å². The Morgan fingerprint density at radius 1 is 1.11 bits per heavy atom. The number of nitrogens with one attached hydrogen (secondary N) is 2. The molecule has 0 radical (unpaired) electrons. The summed E-state index contributed by atoms with van der Waals surface area (Å²) in [5, 5.41) is 4.93. The van der Waals surface area contributed by atoms with Crippen LogP contribution in [-0.4, -0.2) is 46.7 Å². The van der Waals surface area contributed by atoms with Gasteiger partial charge in [0.1, 0.15) is 17.5 Å². The van der Waals surface area contributed by atoms with Crippen LogP contribution in [0.5, 0.6) is 11.5 Å². The monoisotopic (exact) mass is 573 g/mol. The Morgan fingerprint density at radius 2 is 1.79 bits per heavy atom. The minimum atomic E-state index is -0.981. The molecule has 4 rings (SSSR count). The number of carbonyl (C=O) groups is 2. The van der Waals surface area contributed by atoms with Gasteiger partial charge in [-0.2, -0.15) is 0 Å². The quantitative estimate of drug-likeness (QED) is 0.305. The lowest BCUT2D eigenvalue weighted by atomic mass is 10.1. The first-order chi connectivity index (χ1) is 18.3. The fraction of sp³-hybridized carbons (Fsp3) is 0.231. The fourth-order valence-electron chi connectivity index (χ4n) is 3.72. The lowest BCUT2D eigenvalue weighted by Gasteiger charge is -2.25. The standard InChI is InChI=1S/C26H25Cl2N5O4S/c1-3-12-37-20-8-4-17(5-9-20)30-23(34)14-22-25(35)32(18-6-10-19(36-2)11-7-18)26(38)33(22)31-24-21(28)13-16(27)15-29-24/h4-11,13,15,22H,3,12,14H2,1-2H3,(H,29,31)(H,30,34). The zero-order valence-corrected chi connectivity index (χ0v) is 22.9. The minimum absolute atomic E-state index is 0.128. The van der Waals surface area contributed by atoms with Crippen molar-refractivity contribution in [3.63, 3.8) is 0 Å². The normalized spacial score (nSPS) is 15.0. The van der Waals surface area contributed by atoms with Crippen molar-refractivity contribution in [2.75, 3.05) is 29.4 Å². The van der Waals surface area contributed by atoms with E-state index in [1.165, 1.54) is 22.2 Å². The smallest absolute Gasteiger partial charge is 0.258 e. The SMILES string of the molecule is CCCOc1ccc(NC(=O)CC2C(=O)N(c3ccc(OC)cc3)C(=S)N2Nc2ncc(Cl)cc2Cl)cc1. The molecule has 1 aliphatic rings. The Labute approximate surface area is 235 Å². The van der Waals surface area contributed by atoms with Gasteiger partial charge >= 0.3 is 0 Å². The molecule has 9 nitrogen and oxygen atoms in total. The van der Waals surface area contributed by atoms with E-state index in [2.05, 4.69) is 15.7 Å². The molecule has 2 heterocycles. The first-order valence-corrected chi connectivity index (χ1v) is 12.9. The van der Waals surface area contributed by atoms with Crippen molar-refractivity contribution in [1.29, 1.82) is 0 Å². The van der Waals surface area contributed by atoms with Crippen LogP contribution in [-0.2, 0) is 9.59 Å². The highest BCUT2D eigenvalue weighted by Crippen LogP contribution is 2.31. The number of benzene rings is 2. The van der Waals surface area contributed by atoms with E-state index in [9.17, 15) is 9.59 Å². The summed E-state index contributed by atoms with van der Waals surface area (Å²) in [6.45, 7) is 2.63. The average Bonchev–Trinajstić information content (AvgIpc) is 3.13. The molecule has 2 N–H and O–H groups in total. The summed E-state index contributed by atoms with van der Waals surface area (Å²) in [7, 11) is 1.55. The number of ether oxygens (including phenoxy) is 2. The average molecular weight is 574 g/mol. The van der Waals surface area contributed by atoms with Gasteiger partial charge in [0.25, 0.3) is 5.91 Å². The van der Waals surface area contributed by atoms with E-state index in [1.807, 2.05) is 6.92 Å². The van der Waals surface area contributed by atoms with E-state index >= 15 is 0 Å². The van der Waals surface area contributed by atoms with Gasteiger partial charge in [0.15, 0.2) is 5.82 Å². The summed E-state index contributed by atoms with van der Waals surface area (Å²) < 4.78 is 10.8. The number of nitrogens with zero attached hydrogens (tertiary/aromatic N) is 3. The van der Waals surface area contributed by atoms with Crippen LogP contribution in [0.15, 0.2) is 60.8 Å². The Morgan fingerprint density at radius 3 is 2.42 bits per heavy atom. The Kier molecular flexibility index (Phi) is 8.88. The number of pyridine rings is 1. The number of aromatic nitrogens is 1. The van der Waals surface area contributed by atoms with Crippen molar-refractivity contribution in [2.24, 2.45) is 0 Å². The summed E-state index contributed by atoms with van der Waals surface area (Å²) in [5.74, 6) is 0.790. The predicted octanol–water partition coefficient (Wildman–Crippen LogP) is 5.54. The summed E-state index contributed by atoms with van der Waals surface area (Å²) in [5.41, 5.74) is 4.08. The van der Waals surface area contributed by atoms with E-state index in [0.717, 1.165) is 6.42 Å². The summed E-state index contributed by atoms with van der Waals surface area (Å²) in [6, 6.07) is 14.4. The summed E-state index contributed by atoms with van der Waals surface area (Å²) in [4.78, 5) is 32.2. The maximum Gasteiger partial charge on any atom is 0.258 e. The minimum Gasteiger partial charge on any atom is -0.497 e. The maximum atomic E-state index is 13.6. The van der Waals surface area contributed by atoms with Crippen molar-refractivity contribution in [3.05, 3.63) is 70.8 Å². The Balaban J connectivity index is 1.56. The first-order valence-electron chi connectivity index (χ1n) is 11.7. The predicted molar refractivity (Wildman–Crippen MR) is 152 cm³/mol. The molecule has 1 aromatic heterocycles. The zero-order chi connectivity index (χ0) is 27.2. The molecule has 3 aromatic rings. The molecular formula is C26H25Cl2N5O4S. The highest BCUT2D eigenvalue weighted by Gasteiger charge is 2.45. The summed E-state index contributed by atoms with van der Waals surface area (Å²) in [6.07, 6.45) is 2.11. The molecule has 0 bridgehead atoms. The molecule has 12 heteroatoms. The molecule has 0 aliphatic carbocycles. The summed E-state index contributed by atoms with van der Waals surface area (Å²) >= 11 is 17.9. The molecule has 2 amide bonds. The number of halogens is 2. The third-order valence-electron chi connectivity index (χ3n) is 5.57. The van der Waals surface area contributed by atoms with Gasteiger partial charge in [-0.3, -0.25) is 19.9 Å². The number of hydrazine groups is 1. The number of methoxy groups -OCH3 is 1. The van der Waals surface area contributed by atoms with Crippen molar-refractivity contribution in [1.82, 2.24) is 9.99 Å². The van der Waals surface area contributed by atoms with Gasteiger partial charge in [-0.25, -0.2) is 9.99 Å². The van der Waals surface area contributed by atoms with E-state index in [1.54, 1.807) is 55.6 Å². The Hall–Kier alpha value is -3.60. The van der Waals surface area contributed by atoms with Crippen molar-refractivity contribution >= 4 is 69.5 Å². The van der Waals surface area contributed by atoms with Crippen LogP contribution in [0.3, 0.4) is 0 Å². The second-order valence-electron chi connectivity index (χ2n) is 8.26. The van der Waals surface area contributed by atoms with Crippen molar-refractivity contribution in [2.45, 2.75) is 25.8 Å². The van der Waals surface area contributed by atoms with Gasteiger partial charge in [-0.15, -0.1) is 0 Å². The van der Waals surface area contributed by atoms with Gasteiger partial charge in [0, 0.05) is 11.9 Å². The van der Waals surface area contributed by atoms with Gasteiger partial charge in [-0.05, 0) is 73.2 Å². The number of anilines is 3. The Bertz CT molecular complexity index is 1320. The number of hydrogen-bond donors (Lipinski definition) is 2. The molecule has 1 atom stereocenters. The highest BCUT2D eigenvalue weighted by molar-refractivity contribution is 7.80. The first kappa shape index (κ1) is 27.4. The molecule has 38 heavy (non-hydrogen) atoms. The topological polar surface area (TPSA) is 96.0 Å². The molecule has 198 valence electrons. The molecule has 1 unspecified atom stereocenters. The van der Waals surface area contributed by atoms with Crippen LogP contribution in [0, 0.1) is 0 Å². The van der Waals surface area contributed by atoms with Gasteiger partial charge < -0.3 is 14.8 Å². The van der Waals surface area contributed by atoms with E-state index in [0.29, 0.717) is 34.5 Å². The lowest BCUT2D eigenvalue weighted by Crippen LogP contribution is -2.42. The van der Waals surface area contributed by atoms with Crippen LogP contribution in [0.2, 0.25) is 10.0 Å². The number of rotatable bonds is 10. The number of carbonyl (C=O) groups excluding carboxylic acids is 2. The van der Waals surface area contributed by atoms with E-state index in [4.69, 9.17) is 44.9 Å². The maximum absolute atomic E-state index is 13.6. The molecular weight excluding hydrogens is 549 g/mol. The van der Waals surface area contributed by atoms with Crippen LogP contribution >= 0.6 is 35.4 Å². The van der Waals surface area contributed by atoms with Crippen LogP contribution in [0.25, 0.3) is 0 Å². The zero-order valence-electron chi connectivity index (χ0n) is 20.6. The number of amides is 2. The van der Waals surface area contributed by atoms with Gasteiger partial charge in [-0.1, -0.05) is 30.1 Å². The third kappa shape index (κ3) is 6.27. The second-order valence-corrected chi connectivity index (χ2v) is 9.47. The molecule has 1 aliphatic heterocycles. The van der Waals surface area contributed by atoms with Crippen LogP contribution in [0.1, 0.15) is 19.8 Å². The molecule has 1 saturated heterocycles. The highest BCUT2D eigenvalue weighted by atomic mass is 35.5. The number of thiocarbonyl (C=S) groups is 1. The van der Waals surface area contributed by atoms with Gasteiger partial charge in [0.2, 0.25) is 11.0 Å². The van der Waals surface area contributed by atoms with Gasteiger partial charge in [0.05, 0.1) is 35.9 Å². The molecule has 0 saturated carbocycles. The van der Waals surface area contributed by atoms with E-state index < -0.39 is 11.9 Å².